The number of piperazine rings is 1. The Morgan fingerprint density at radius 3 is 2.84 bits per heavy atom. The number of hydrogen-bond donors (Lipinski definition) is 2. The molecule has 2 rings (SSSR count). The van der Waals surface area contributed by atoms with Gasteiger partial charge in [-0.1, -0.05) is 17.7 Å². The lowest BCUT2D eigenvalue weighted by Gasteiger charge is -2.35. The van der Waals surface area contributed by atoms with E-state index in [9.17, 15) is 0 Å². The number of benzene rings is 1. The zero-order chi connectivity index (χ0) is 13.7. The Labute approximate surface area is 120 Å². The zero-order valence-corrected chi connectivity index (χ0v) is 12.0. The minimum absolute atomic E-state index is 0.332. The van der Waals surface area contributed by atoms with Gasteiger partial charge >= 0.3 is 0 Å². The number of nitrogens with two attached hydrogens (primary N) is 1. The average Bonchev–Trinajstić information content (AvgIpc) is 2.44. The second-order valence-corrected chi connectivity index (χ2v) is 5.38. The van der Waals surface area contributed by atoms with Crippen LogP contribution in [0.1, 0.15) is 24.4 Å². The van der Waals surface area contributed by atoms with Gasteiger partial charge in [0.25, 0.3) is 0 Å². The fraction of sp³-hybridized carbons (Fsp3) is 0.467. The number of halogens is 1. The summed E-state index contributed by atoms with van der Waals surface area (Å²) in [5.41, 5.74) is 8.12. The van der Waals surface area contributed by atoms with Crippen molar-refractivity contribution in [1.82, 2.24) is 10.2 Å². The second kappa shape index (κ2) is 6.94. The van der Waals surface area contributed by atoms with E-state index in [0.29, 0.717) is 6.04 Å². The van der Waals surface area contributed by atoms with Gasteiger partial charge < -0.3 is 11.1 Å². The molecule has 0 radical (unpaired) electrons. The van der Waals surface area contributed by atoms with Gasteiger partial charge in [-0.25, -0.2) is 0 Å². The van der Waals surface area contributed by atoms with Gasteiger partial charge in [0.2, 0.25) is 0 Å². The van der Waals surface area contributed by atoms with Crippen molar-refractivity contribution in [3.8, 4) is 0 Å². The minimum Gasteiger partial charge on any atom is -0.398 e. The maximum absolute atomic E-state index is 6.14. The molecule has 1 heterocycles. The molecule has 104 valence electrons. The minimum atomic E-state index is 0.332. The molecule has 1 atom stereocenters. The number of nitrogen functional groups attached to an aromatic ring is 1. The van der Waals surface area contributed by atoms with Crippen LogP contribution in [-0.4, -0.2) is 31.1 Å². The van der Waals surface area contributed by atoms with Crippen molar-refractivity contribution in [2.24, 2.45) is 0 Å². The summed E-state index contributed by atoms with van der Waals surface area (Å²) in [6.07, 6.45) is 3.99. The van der Waals surface area contributed by atoms with Crippen LogP contribution < -0.4 is 11.1 Å². The first kappa shape index (κ1) is 14.4. The molecule has 1 aromatic carbocycles. The smallest absolute Gasteiger partial charge is 0.0410 e. The molecule has 0 amide bonds. The van der Waals surface area contributed by atoms with Gasteiger partial charge in [-0.05, 0) is 36.6 Å². The molecule has 0 bridgehead atoms. The molecular weight excluding hydrogens is 258 g/mol. The Kier molecular flexibility index (Phi) is 5.25. The van der Waals surface area contributed by atoms with Crippen molar-refractivity contribution >= 4 is 17.3 Å². The molecular formula is C15H22ClN3. The summed E-state index contributed by atoms with van der Waals surface area (Å²) >= 11 is 6.13. The predicted molar refractivity (Wildman–Crippen MR) is 82.5 cm³/mol. The van der Waals surface area contributed by atoms with Crippen LogP contribution in [0.2, 0.25) is 5.02 Å². The van der Waals surface area contributed by atoms with E-state index in [4.69, 9.17) is 17.3 Å². The summed E-state index contributed by atoms with van der Waals surface area (Å²) in [7, 11) is 0. The molecule has 0 saturated carbocycles. The van der Waals surface area contributed by atoms with Crippen LogP contribution in [0.25, 0.3) is 0 Å². The SMILES string of the molecule is C=CCC[C@H](c1cc(Cl)ccc1N)N1CCNCC1. The van der Waals surface area contributed by atoms with Gasteiger partial charge in [-0.2, -0.15) is 0 Å². The van der Waals surface area contributed by atoms with Crippen molar-refractivity contribution in [3.05, 3.63) is 41.4 Å². The molecule has 3 nitrogen and oxygen atoms in total. The highest BCUT2D eigenvalue weighted by molar-refractivity contribution is 6.30. The molecule has 19 heavy (non-hydrogen) atoms. The Hall–Kier alpha value is -1.03. The molecule has 0 aliphatic carbocycles. The fourth-order valence-corrected chi connectivity index (χ4v) is 2.82. The van der Waals surface area contributed by atoms with E-state index in [0.717, 1.165) is 55.3 Å². The van der Waals surface area contributed by atoms with Crippen LogP contribution in [0.15, 0.2) is 30.9 Å². The van der Waals surface area contributed by atoms with Gasteiger partial charge in [-0.15, -0.1) is 6.58 Å². The van der Waals surface area contributed by atoms with E-state index < -0.39 is 0 Å². The highest BCUT2D eigenvalue weighted by atomic mass is 35.5. The molecule has 1 saturated heterocycles. The van der Waals surface area contributed by atoms with Crippen LogP contribution >= 0.6 is 11.6 Å². The normalized spacial score (nSPS) is 18.2. The van der Waals surface area contributed by atoms with Crippen molar-refractivity contribution in [2.45, 2.75) is 18.9 Å². The summed E-state index contributed by atoms with van der Waals surface area (Å²) in [6, 6.07) is 6.09. The van der Waals surface area contributed by atoms with Gasteiger partial charge in [0.1, 0.15) is 0 Å². The Balaban J connectivity index is 2.24. The summed E-state index contributed by atoms with van der Waals surface area (Å²) < 4.78 is 0. The van der Waals surface area contributed by atoms with Crippen LogP contribution in [-0.2, 0) is 0 Å². The van der Waals surface area contributed by atoms with Gasteiger partial charge in [0, 0.05) is 42.9 Å². The van der Waals surface area contributed by atoms with Crippen molar-refractivity contribution in [2.75, 3.05) is 31.9 Å². The van der Waals surface area contributed by atoms with E-state index >= 15 is 0 Å². The Morgan fingerprint density at radius 1 is 1.42 bits per heavy atom. The van der Waals surface area contributed by atoms with Crippen molar-refractivity contribution in [3.63, 3.8) is 0 Å². The lowest BCUT2D eigenvalue weighted by atomic mass is 9.98. The number of hydrogen-bond acceptors (Lipinski definition) is 3. The molecule has 0 spiro atoms. The molecule has 1 fully saturated rings. The maximum atomic E-state index is 6.14. The first-order valence-electron chi connectivity index (χ1n) is 6.83. The Bertz CT molecular complexity index is 427. The zero-order valence-electron chi connectivity index (χ0n) is 11.2. The van der Waals surface area contributed by atoms with Crippen LogP contribution in [0.3, 0.4) is 0 Å². The third-order valence-electron chi connectivity index (χ3n) is 3.64. The molecule has 1 aliphatic heterocycles. The standard InChI is InChI=1S/C15H22ClN3/c1-2-3-4-15(19-9-7-18-8-10-19)13-11-12(16)5-6-14(13)17/h2,5-6,11,15,18H,1,3-4,7-10,17H2/t15-/m1/s1. The summed E-state index contributed by atoms with van der Waals surface area (Å²) in [4.78, 5) is 2.49. The highest BCUT2D eigenvalue weighted by Crippen LogP contribution is 2.32. The fourth-order valence-electron chi connectivity index (χ4n) is 2.64. The van der Waals surface area contributed by atoms with Gasteiger partial charge in [-0.3, -0.25) is 4.90 Å². The molecule has 1 aromatic rings. The van der Waals surface area contributed by atoms with Crippen LogP contribution in [0.4, 0.5) is 5.69 Å². The summed E-state index contributed by atoms with van der Waals surface area (Å²) in [5, 5.41) is 4.14. The monoisotopic (exact) mass is 279 g/mol. The van der Waals surface area contributed by atoms with E-state index in [2.05, 4.69) is 16.8 Å². The topological polar surface area (TPSA) is 41.3 Å². The third kappa shape index (κ3) is 3.72. The molecule has 1 aliphatic rings. The third-order valence-corrected chi connectivity index (χ3v) is 3.88. The van der Waals surface area contributed by atoms with Crippen molar-refractivity contribution < 1.29 is 0 Å². The number of anilines is 1. The summed E-state index contributed by atoms with van der Waals surface area (Å²) in [5.74, 6) is 0. The predicted octanol–water partition coefficient (Wildman–Crippen LogP) is 2.83. The lowest BCUT2D eigenvalue weighted by Crippen LogP contribution is -2.45. The Morgan fingerprint density at radius 2 is 2.16 bits per heavy atom. The number of nitrogens with one attached hydrogen (secondary N) is 1. The number of rotatable bonds is 5. The van der Waals surface area contributed by atoms with E-state index in [1.54, 1.807) is 0 Å². The average molecular weight is 280 g/mol. The van der Waals surface area contributed by atoms with E-state index in [1.165, 1.54) is 0 Å². The van der Waals surface area contributed by atoms with Crippen LogP contribution in [0, 0.1) is 0 Å². The molecule has 4 heteroatoms. The number of allylic oxidation sites excluding steroid dienone is 1. The molecule has 0 unspecified atom stereocenters. The van der Waals surface area contributed by atoms with E-state index in [-0.39, 0.29) is 0 Å². The largest absolute Gasteiger partial charge is 0.398 e. The maximum Gasteiger partial charge on any atom is 0.0410 e. The first-order valence-corrected chi connectivity index (χ1v) is 7.20. The molecule has 0 aromatic heterocycles. The van der Waals surface area contributed by atoms with Crippen molar-refractivity contribution in [1.29, 1.82) is 0 Å². The van der Waals surface area contributed by atoms with Gasteiger partial charge in [0.05, 0.1) is 0 Å². The summed E-state index contributed by atoms with van der Waals surface area (Å²) in [6.45, 7) is 7.99. The van der Waals surface area contributed by atoms with Crippen LogP contribution in [0.5, 0.6) is 0 Å². The molecule has 3 N–H and O–H groups in total. The highest BCUT2D eigenvalue weighted by Gasteiger charge is 2.23. The quantitative estimate of drug-likeness (QED) is 0.643. The van der Waals surface area contributed by atoms with Gasteiger partial charge in [0.15, 0.2) is 0 Å². The van der Waals surface area contributed by atoms with E-state index in [1.807, 2.05) is 24.3 Å². The second-order valence-electron chi connectivity index (χ2n) is 4.94. The first-order chi connectivity index (χ1) is 9.22. The lowest BCUT2D eigenvalue weighted by molar-refractivity contribution is 0.166. The number of nitrogens with zero attached hydrogens (tertiary/aromatic N) is 1.